The average molecular weight is 336 g/mol. The molecule has 1 aliphatic carbocycles. The first-order valence-electron chi connectivity index (χ1n) is 9.02. The third-order valence-electron chi connectivity index (χ3n) is 4.90. The second kappa shape index (κ2) is 6.75. The Balaban J connectivity index is 1.41. The lowest BCUT2D eigenvalue weighted by Gasteiger charge is -2.37. The number of aromatic nitrogens is 1. The molecule has 1 saturated heterocycles. The highest BCUT2D eigenvalue weighted by Gasteiger charge is 2.25. The van der Waals surface area contributed by atoms with Gasteiger partial charge in [-0.3, -0.25) is 9.78 Å². The maximum atomic E-state index is 12.2. The van der Waals surface area contributed by atoms with Crippen LogP contribution in [0.1, 0.15) is 28.9 Å². The van der Waals surface area contributed by atoms with Gasteiger partial charge in [-0.2, -0.15) is 0 Å². The molecule has 0 unspecified atom stereocenters. The molecule has 1 aromatic heterocycles. The number of carbonyl (C=O) groups excluding carboxylic acids is 1. The van der Waals surface area contributed by atoms with Crippen molar-refractivity contribution in [1.29, 1.82) is 0 Å². The van der Waals surface area contributed by atoms with Crippen LogP contribution in [0.25, 0.3) is 0 Å². The van der Waals surface area contributed by atoms with Gasteiger partial charge in [0.15, 0.2) is 0 Å². The van der Waals surface area contributed by atoms with Crippen LogP contribution in [0.2, 0.25) is 0 Å². The number of hydrogen-bond acceptors (Lipinski definition) is 4. The van der Waals surface area contributed by atoms with Gasteiger partial charge in [-0.1, -0.05) is 12.1 Å². The van der Waals surface area contributed by atoms with E-state index in [-0.39, 0.29) is 5.91 Å². The van der Waals surface area contributed by atoms with Crippen LogP contribution in [0.3, 0.4) is 0 Å². The van der Waals surface area contributed by atoms with E-state index in [1.807, 2.05) is 12.1 Å². The van der Waals surface area contributed by atoms with Gasteiger partial charge < -0.3 is 15.1 Å². The van der Waals surface area contributed by atoms with Gasteiger partial charge in [0.2, 0.25) is 0 Å². The molecule has 2 aliphatic rings. The van der Waals surface area contributed by atoms with E-state index in [9.17, 15) is 4.79 Å². The molecule has 4 rings (SSSR count). The van der Waals surface area contributed by atoms with Gasteiger partial charge >= 0.3 is 0 Å². The van der Waals surface area contributed by atoms with Crippen LogP contribution in [-0.4, -0.2) is 43.1 Å². The van der Waals surface area contributed by atoms with E-state index in [4.69, 9.17) is 0 Å². The van der Waals surface area contributed by atoms with Gasteiger partial charge in [0.05, 0.1) is 0 Å². The van der Waals surface area contributed by atoms with E-state index < -0.39 is 0 Å². The second-order valence-electron chi connectivity index (χ2n) is 6.96. The second-order valence-corrected chi connectivity index (χ2v) is 6.96. The molecule has 5 heteroatoms. The summed E-state index contributed by atoms with van der Waals surface area (Å²) in [5.41, 5.74) is 4.18. The van der Waals surface area contributed by atoms with Gasteiger partial charge in [-0.15, -0.1) is 0 Å². The quantitative estimate of drug-likeness (QED) is 0.932. The van der Waals surface area contributed by atoms with Crippen LogP contribution in [0.5, 0.6) is 0 Å². The SMILES string of the molecule is Cc1cccc(N2CCN(c3ccnc(C(=O)NC4CC4)c3)CC2)c1. The Morgan fingerprint density at radius 3 is 2.36 bits per heavy atom. The van der Waals surface area contributed by atoms with E-state index >= 15 is 0 Å². The number of piperazine rings is 1. The molecule has 0 radical (unpaired) electrons. The maximum Gasteiger partial charge on any atom is 0.270 e. The summed E-state index contributed by atoms with van der Waals surface area (Å²) < 4.78 is 0. The number of aryl methyl sites for hydroxylation is 1. The van der Waals surface area contributed by atoms with Crippen LogP contribution in [-0.2, 0) is 0 Å². The summed E-state index contributed by atoms with van der Waals surface area (Å²) in [6.45, 7) is 5.99. The van der Waals surface area contributed by atoms with Crippen LogP contribution >= 0.6 is 0 Å². The fourth-order valence-corrected chi connectivity index (χ4v) is 3.27. The van der Waals surface area contributed by atoms with Crippen molar-refractivity contribution in [3.8, 4) is 0 Å². The Hall–Kier alpha value is -2.56. The molecular weight excluding hydrogens is 312 g/mol. The van der Waals surface area contributed by atoms with Crippen LogP contribution in [0.15, 0.2) is 42.6 Å². The number of carbonyl (C=O) groups is 1. The van der Waals surface area contributed by atoms with Crippen molar-refractivity contribution >= 4 is 17.3 Å². The van der Waals surface area contributed by atoms with Crippen LogP contribution < -0.4 is 15.1 Å². The number of hydrogen-bond donors (Lipinski definition) is 1. The first kappa shape index (κ1) is 15.9. The van der Waals surface area contributed by atoms with Gasteiger partial charge in [0.1, 0.15) is 5.69 Å². The average Bonchev–Trinajstić information content (AvgIpc) is 3.46. The molecule has 1 N–H and O–H groups in total. The van der Waals surface area contributed by atoms with Crippen molar-refractivity contribution < 1.29 is 4.79 Å². The lowest BCUT2D eigenvalue weighted by Crippen LogP contribution is -2.46. The predicted octanol–water partition coefficient (Wildman–Crippen LogP) is 2.61. The summed E-state index contributed by atoms with van der Waals surface area (Å²) in [5.74, 6) is -0.0530. The molecule has 1 saturated carbocycles. The first-order chi connectivity index (χ1) is 12.2. The highest BCUT2D eigenvalue weighted by Crippen LogP contribution is 2.22. The van der Waals surface area contributed by atoms with Gasteiger partial charge in [0, 0.05) is 49.8 Å². The monoisotopic (exact) mass is 336 g/mol. The smallest absolute Gasteiger partial charge is 0.270 e. The molecule has 130 valence electrons. The summed E-state index contributed by atoms with van der Waals surface area (Å²) in [7, 11) is 0. The Kier molecular flexibility index (Phi) is 4.30. The fourth-order valence-electron chi connectivity index (χ4n) is 3.27. The van der Waals surface area contributed by atoms with E-state index in [2.05, 4.69) is 51.3 Å². The van der Waals surface area contributed by atoms with Gasteiger partial charge in [0.25, 0.3) is 5.91 Å². The van der Waals surface area contributed by atoms with Crippen molar-refractivity contribution in [1.82, 2.24) is 10.3 Å². The van der Waals surface area contributed by atoms with Gasteiger partial charge in [-0.25, -0.2) is 0 Å². The molecule has 2 heterocycles. The summed E-state index contributed by atoms with van der Waals surface area (Å²) in [6.07, 6.45) is 3.92. The molecule has 25 heavy (non-hydrogen) atoms. The Labute approximate surface area is 148 Å². The molecule has 5 nitrogen and oxygen atoms in total. The summed E-state index contributed by atoms with van der Waals surface area (Å²) >= 11 is 0. The molecule has 0 atom stereocenters. The number of nitrogens with zero attached hydrogens (tertiary/aromatic N) is 3. The third-order valence-corrected chi connectivity index (χ3v) is 4.90. The minimum atomic E-state index is -0.0530. The molecule has 1 amide bonds. The van der Waals surface area contributed by atoms with Crippen LogP contribution in [0.4, 0.5) is 11.4 Å². The van der Waals surface area contributed by atoms with E-state index in [0.717, 1.165) is 44.7 Å². The zero-order valence-electron chi connectivity index (χ0n) is 14.6. The third kappa shape index (κ3) is 3.76. The minimum absolute atomic E-state index is 0.0530. The minimum Gasteiger partial charge on any atom is -0.368 e. The van der Waals surface area contributed by atoms with Crippen molar-refractivity contribution in [3.05, 3.63) is 53.9 Å². The highest BCUT2D eigenvalue weighted by molar-refractivity contribution is 5.93. The van der Waals surface area contributed by atoms with E-state index in [0.29, 0.717) is 11.7 Å². The molecule has 1 aromatic carbocycles. The standard InChI is InChI=1S/C20H24N4O/c1-15-3-2-4-17(13-15)23-9-11-24(12-10-23)18-7-8-21-19(14-18)20(25)22-16-5-6-16/h2-4,7-8,13-14,16H,5-6,9-12H2,1H3,(H,22,25). The Morgan fingerprint density at radius 2 is 1.72 bits per heavy atom. The summed E-state index contributed by atoms with van der Waals surface area (Å²) in [6, 6.07) is 12.9. The number of nitrogens with one attached hydrogen (secondary N) is 1. The van der Waals surface area contributed by atoms with Crippen molar-refractivity contribution in [2.45, 2.75) is 25.8 Å². The fraction of sp³-hybridized carbons (Fsp3) is 0.400. The molecule has 2 fully saturated rings. The van der Waals surface area contributed by atoms with Crippen LogP contribution in [0, 0.1) is 6.92 Å². The normalized spacial score (nSPS) is 17.5. The number of pyridine rings is 1. The van der Waals surface area contributed by atoms with Crippen molar-refractivity contribution in [2.24, 2.45) is 0 Å². The first-order valence-corrected chi connectivity index (χ1v) is 9.02. The molecule has 1 aliphatic heterocycles. The zero-order valence-corrected chi connectivity index (χ0v) is 14.6. The molecule has 2 aromatic rings. The van der Waals surface area contributed by atoms with E-state index in [1.54, 1.807) is 6.20 Å². The van der Waals surface area contributed by atoms with Gasteiger partial charge in [-0.05, 0) is 49.6 Å². The lowest BCUT2D eigenvalue weighted by molar-refractivity contribution is 0.0946. The predicted molar refractivity (Wildman–Crippen MR) is 100 cm³/mol. The number of rotatable bonds is 4. The zero-order chi connectivity index (χ0) is 17.2. The maximum absolute atomic E-state index is 12.2. The highest BCUT2D eigenvalue weighted by atomic mass is 16.2. The van der Waals surface area contributed by atoms with Crippen molar-refractivity contribution in [2.75, 3.05) is 36.0 Å². The topological polar surface area (TPSA) is 48.5 Å². The summed E-state index contributed by atoms with van der Waals surface area (Å²) in [5, 5.41) is 3.01. The Morgan fingerprint density at radius 1 is 1.04 bits per heavy atom. The molecule has 0 spiro atoms. The summed E-state index contributed by atoms with van der Waals surface area (Å²) in [4.78, 5) is 21.2. The largest absolute Gasteiger partial charge is 0.368 e. The van der Waals surface area contributed by atoms with Crippen molar-refractivity contribution in [3.63, 3.8) is 0 Å². The Bertz CT molecular complexity index is 764. The number of anilines is 2. The lowest BCUT2D eigenvalue weighted by atomic mass is 10.2. The van der Waals surface area contributed by atoms with E-state index in [1.165, 1.54) is 11.3 Å². The molecular formula is C20H24N4O. The molecule has 0 bridgehead atoms. The number of amides is 1. The number of benzene rings is 1.